The fraction of sp³-hybridized carbons (Fsp3) is 0.929. The number of rotatable bonds is 6. The SMILES string of the molecule is CCCNC(C#N)COC1CCC(C)C(C)C1. The van der Waals surface area contributed by atoms with Gasteiger partial charge in [-0.2, -0.15) is 5.26 Å². The molecule has 0 spiro atoms. The first-order chi connectivity index (χ1) is 8.17. The van der Waals surface area contributed by atoms with Crippen molar-refractivity contribution in [2.45, 2.75) is 58.6 Å². The summed E-state index contributed by atoms with van der Waals surface area (Å²) >= 11 is 0. The van der Waals surface area contributed by atoms with Crippen LogP contribution < -0.4 is 5.32 Å². The average Bonchev–Trinajstić information content (AvgIpc) is 2.34. The van der Waals surface area contributed by atoms with E-state index in [-0.39, 0.29) is 6.04 Å². The quantitative estimate of drug-likeness (QED) is 0.774. The van der Waals surface area contributed by atoms with Crippen molar-refractivity contribution in [3.05, 3.63) is 0 Å². The molecule has 3 heteroatoms. The minimum absolute atomic E-state index is 0.149. The Hall–Kier alpha value is -0.590. The number of nitrogens with zero attached hydrogens (tertiary/aromatic N) is 1. The summed E-state index contributed by atoms with van der Waals surface area (Å²) in [7, 11) is 0. The van der Waals surface area contributed by atoms with Crippen LogP contribution in [0.4, 0.5) is 0 Å². The van der Waals surface area contributed by atoms with E-state index in [1.54, 1.807) is 0 Å². The predicted molar refractivity (Wildman–Crippen MR) is 69.6 cm³/mol. The topological polar surface area (TPSA) is 45.0 Å². The van der Waals surface area contributed by atoms with Crippen LogP contribution in [0.25, 0.3) is 0 Å². The molecule has 0 aromatic heterocycles. The molecule has 0 heterocycles. The Morgan fingerprint density at radius 3 is 2.71 bits per heavy atom. The van der Waals surface area contributed by atoms with E-state index in [1.807, 2.05) is 0 Å². The van der Waals surface area contributed by atoms with Gasteiger partial charge >= 0.3 is 0 Å². The highest BCUT2D eigenvalue weighted by atomic mass is 16.5. The van der Waals surface area contributed by atoms with Gasteiger partial charge in [-0.3, -0.25) is 0 Å². The fourth-order valence-corrected chi connectivity index (χ4v) is 2.34. The first-order valence-electron chi connectivity index (χ1n) is 6.92. The van der Waals surface area contributed by atoms with Crippen molar-refractivity contribution in [3.8, 4) is 6.07 Å². The molecule has 1 aliphatic carbocycles. The van der Waals surface area contributed by atoms with Crippen LogP contribution in [0.2, 0.25) is 0 Å². The zero-order chi connectivity index (χ0) is 12.7. The van der Waals surface area contributed by atoms with Gasteiger partial charge in [-0.05, 0) is 44.1 Å². The number of nitriles is 1. The van der Waals surface area contributed by atoms with Crippen LogP contribution in [0.1, 0.15) is 46.5 Å². The van der Waals surface area contributed by atoms with Crippen LogP contribution in [0.3, 0.4) is 0 Å². The van der Waals surface area contributed by atoms with Crippen LogP contribution in [0.15, 0.2) is 0 Å². The van der Waals surface area contributed by atoms with E-state index in [0.29, 0.717) is 12.7 Å². The summed E-state index contributed by atoms with van der Waals surface area (Å²) in [4.78, 5) is 0. The third-order valence-corrected chi connectivity index (χ3v) is 3.85. The van der Waals surface area contributed by atoms with Crippen molar-refractivity contribution in [3.63, 3.8) is 0 Å². The Bertz CT molecular complexity index is 249. The largest absolute Gasteiger partial charge is 0.375 e. The monoisotopic (exact) mass is 238 g/mol. The van der Waals surface area contributed by atoms with E-state index in [1.165, 1.54) is 6.42 Å². The highest BCUT2D eigenvalue weighted by Crippen LogP contribution is 2.30. The molecule has 0 amide bonds. The molecule has 4 unspecified atom stereocenters. The summed E-state index contributed by atoms with van der Waals surface area (Å²) in [6.07, 6.45) is 4.96. The second-order valence-electron chi connectivity index (χ2n) is 5.36. The van der Waals surface area contributed by atoms with Gasteiger partial charge in [0, 0.05) is 0 Å². The van der Waals surface area contributed by atoms with Crippen molar-refractivity contribution in [2.24, 2.45) is 11.8 Å². The van der Waals surface area contributed by atoms with Crippen LogP contribution in [0, 0.1) is 23.2 Å². The van der Waals surface area contributed by atoms with E-state index in [4.69, 9.17) is 10.00 Å². The lowest BCUT2D eigenvalue weighted by molar-refractivity contribution is -0.00182. The maximum atomic E-state index is 8.98. The van der Waals surface area contributed by atoms with Crippen molar-refractivity contribution in [2.75, 3.05) is 13.2 Å². The molecule has 1 aliphatic rings. The molecular formula is C14H26N2O. The maximum absolute atomic E-state index is 8.98. The molecule has 3 nitrogen and oxygen atoms in total. The van der Waals surface area contributed by atoms with Gasteiger partial charge < -0.3 is 10.1 Å². The first kappa shape index (κ1) is 14.5. The van der Waals surface area contributed by atoms with Crippen molar-refractivity contribution in [1.29, 1.82) is 5.26 Å². The van der Waals surface area contributed by atoms with E-state index >= 15 is 0 Å². The van der Waals surface area contributed by atoms with Gasteiger partial charge in [-0.25, -0.2) is 0 Å². The molecule has 4 atom stereocenters. The molecule has 0 aromatic carbocycles. The minimum atomic E-state index is -0.149. The Morgan fingerprint density at radius 1 is 1.35 bits per heavy atom. The molecule has 0 radical (unpaired) electrons. The van der Waals surface area contributed by atoms with E-state index in [9.17, 15) is 0 Å². The lowest BCUT2D eigenvalue weighted by Gasteiger charge is -2.32. The van der Waals surface area contributed by atoms with Gasteiger partial charge in [0.1, 0.15) is 6.04 Å². The van der Waals surface area contributed by atoms with Gasteiger partial charge in [0.05, 0.1) is 18.8 Å². The molecule has 0 saturated heterocycles. The molecule has 0 bridgehead atoms. The molecule has 17 heavy (non-hydrogen) atoms. The Balaban J connectivity index is 2.23. The zero-order valence-corrected chi connectivity index (χ0v) is 11.4. The molecule has 0 aliphatic heterocycles. The van der Waals surface area contributed by atoms with Crippen LogP contribution in [-0.2, 0) is 4.74 Å². The highest BCUT2D eigenvalue weighted by Gasteiger charge is 2.25. The summed E-state index contributed by atoms with van der Waals surface area (Å²) in [5.41, 5.74) is 0. The zero-order valence-electron chi connectivity index (χ0n) is 11.4. The minimum Gasteiger partial charge on any atom is -0.375 e. The van der Waals surface area contributed by atoms with Gasteiger partial charge in [-0.1, -0.05) is 20.8 Å². The lowest BCUT2D eigenvalue weighted by atomic mass is 9.80. The number of nitrogens with one attached hydrogen (secondary N) is 1. The maximum Gasteiger partial charge on any atom is 0.119 e. The smallest absolute Gasteiger partial charge is 0.119 e. The van der Waals surface area contributed by atoms with E-state index in [2.05, 4.69) is 32.2 Å². The Labute approximate surface area is 106 Å². The first-order valence-corrected chi connectivity index (χ1v) is 6.92. The third kappa shape index (κ3) is 5.06. The van der Waals surface area contributed by atoms with Crippen LogP contribution in [-0.4, -0.2) is 25.3 Å². The highest BCUT2D eigenvalue weighted by molar-refractivity contribution is 4.90. The lowest BCUT2D eigenvalue weighted by Crippen LogP contribution is -2.36. The summed E-state index contributed by atoms with van der Waals surface area (Å²) in [6.45, 7) is 8.15. The summed E-state index contributed by atoms with van der Waals surface area (Å²) in [6, 6.07) is 2.11. The molecular weight excluding hydrogens is 212 g/mol. The Morgan fingerprint density at radius 2 is 2.12 bits per heavy atom. The summed E-state index contributed by atoms with van der Waals surface area (Å²) in [5.74, 6) is 1.57. The van der Waals surface area contributed by atoms with Gasteiger partial charge in [0.25, 0.3) is 0 Å². The van der Waals surface area contributed by atoms with Gasteiger partial charge in [0.15, 0.2) is 0 Å². The number of hydrogen-bond donors (Lipinski definition) is 1. The molecule has 1 fully saturated rings. The number of hydrogen-bond acceptors (Lipinski definition) is 3. The average molecular weight is 238 g/mol. The third-order valence-electron chi connectivity index (χ3n) is 3.85. The molecule has 1 N–H and O–H groups in total. The second kappa shape index (κ2) is 7.68. The second-order valence-corrected chi connectivity index (χ2v) is 5.36. The van der Waals surface area contributed by atoms with Crippen molar-refractivity contribution in [1.82, 2.24) is 5.32 Å². The summed E-state index contributed by atoms with van der Waals surface area (Å²) in [5, 5.41) is 12.2. The molecule has 1 saturated carbocycles. The fourth-order valence-electron chi connectivity index (χ4n) is 2.34. The van der Waals surface area contributed by atoms with Gasteiger partial charge in [0.2, 0.25) is 0 Å². The standard InChI is InChI=1S/C14H26N2O/c1-4-7-16-13(9-15)10-17-14-6-5-11(2)12(3)8-14/h11-14,16H,4-8,10H2,1-3H3. The van der Waals surface area contributed by atoms with E-state index < -0.39 is 0 Å². The van der Waals surface area contributed by atoms with Crippen LogP contribution in [0.5, 0.6) is 0 Å². The number of ether oxygens (including phenoxy) is 1. The molecule has 0 aromatic rings. The predicted octanol–water partition coefficient (Wildman–Crippen LogP) is 2.72. The normalized spacial score (nSPS) is 30.8. The molecule has 1 rings (SSSR count). The molecule has 98 valence electrons. The van der Waals surface area contributed by atoms with E-state index in [0.717, 1.165) is 37.6 Å². The Kier molecular flexibility index (Phi) is 6.54. The van der Waals surface area contributed by atoms with Crippen molar-refractivity contribution >= 4 is 0 Å². The summed E-state index contributed by atoms with van der Waals surface area (Å²) < 4.78 is 5.87. The van der Waals surface area contributed by atoms with Gasteiger partial charge in [-0.15, -0.1) is 0 Å². The van der Waals surface area contributed by atoms with Crippen molar-refractivity contribution < 1.29 is 4.74 Å². The van der Waals surface area contributed by atoms with Crippen LogP contribution >= 0.6 is 0 Å².